The molecule has 0 amide bonds. The van der Waals surface area contributed by atoms with E-state index in [9.17, 15) is 17.6 Å². The van der Waals surface area contributed by atoms with Crippen molar-refractivity contribution in [3.05, 3.63) is 63.4 Å². The Kier molecular flexibility index (Phi) is 4.56. The standard InChI is InChI=1S/C15H12BrF4N/c1-9-6-10(2-4-13(9)16)8-21-11-3-5-14(17)12(7-11)15(18,19)20/h2-7,21H,8H2,1H3. The van der Waals surface area contributed by atoms with Gasteiger partial charge in [0.1, 0.15) is 5.82 Å². The van der Waals surface area contributed by atoms with Gasteiger partial charge < -0.3 is 5.32 Å². The van der Waals surface area contributed by atoms with E-state index in [1.165, 1.54) is 6.07 Å². The molecule has 0 fully saturated rings. The first-order valence-electron chi connectivity index (χ1n) is 6.13. The highest BCUT2D eigenvalue weighted by Gasteiger charge is 2.34. The van der Waals surface area contributed by atoms with Crippen LogP contribution in [0.15, 0.2) is 40.9 Å². The van der Waals surface area contributed by atoms with Crippen molar-refractivity contribution in [3.8, 4) is 0 Å². The first-order valence-corrected chi connectivity index (χ1v) is 6.92. The van der Waals surface area contributed by atoms with E-state index in [4.69, 9.17) is 0 Å². The quantitative estimate of drug-likeness (QED) is 0.709. The summed E-state index contributed by atoms with van der Waals surface area (Å²) in [6.07, 6.45) is -4.70. The van der Waals surface area contributed by atoms with Gasteiger partial charge in [0.15, 0.2) is 0 Å². The lowest BCUT2D eigenvalue weighted by atomic mass is 10.1. The SMILES string of the molecule is Cc1cc(CNc2ccc(F)c(C(F)(F)F)c2)ccc1Br. The van der Waals surface area contributed by atoms with Gasteiger partial charge in [-0.1, -0.05) is 28.1 Å². The number of alkyl halides is 3. The molecule has 0 saturated heterocycles. The van der Waals surface area contributed by atoms with Crippen LogP contribution in [0.5, 0.6) is 0 Å². The van der Waals surface area contributed by atoms with Gasteiger partial charge in [-0.25, -0.2) is 4.39 Å². The van der Waals surface area contributed by atoms with Crippen molar-refractivity contribution in [2.24, 2.45) is 0 Å². The molecule has 0 unspecified atom stereocenters. The van der Waals surface area contributed by atoms with Gasteiger partial charge >= 0.3 is 6.18 Å². The van der Waals surface area contributed by atoms with E-state index in [-0.39, 0.29) is 5.69 Å². The minimum Gasteiger partial charge on any atom is -0.381 e. The van der Waals surface area contributed by atoms with E-state index in [0.717, 1.165) is 27.7 Å². The van der Waals surface area contributed by atoms with Crippen molar-refractivity contribution in [2.75, 3.05) is 5.32 Å². The third-order valence-corrected chi connectivity index (χ3v) is 3.88. The number of aryl methyl sites for hydroxylation is 1. The minimum absolute atomic E-state index is 0.226. The second kappa shape index (κ2) is 6.05. The molecule has 2 aromatic carbocycles. The van der Waals surface area contributed by atoms with E-state index in [1.807, 2.05) is 25.1 Å². The van der Waals surface area contributed by atoms with Gasteiger partial charge in [0.25, 0.3) is 0 Å². The van der Waals surface area contributed by atoms with E-state index in [1.54, 1.807) is 0 Å². The highest BCUT2D eigenvalue weighted by atomic mass is 79.9. The second-order valence-corrected chi connectivity index (χ2v) is 5.48. The van der Waals surface area contributed by atoms with Crippen molar-refractivity contribution in [1.29, 1.82) is 0 Å². The fourth-order valence-electron chi connectivity index (χ4n) is 1.87. The van der Waals surface area contributed by atoms with E-state index < -0.39 is 17.6 Å². The molecule has 2 rings (SSSR count). The fraction of sp³-hybridized carbons (Fsp3) is 0.200. The summed E-state index contributed by atoms with van der Waals surface area (Å²) in [4.78, 5) is 0. The lowest BCUT2D eigenvalue weighted by molar-refractivity contribution is -0.139. The molecule has 0 atom stereocenters. The predicted octanol–water partition coefficient (Wildman–Crippen LogP) is 5.53. The van der Waals surface area contributed by atoms with E-state index >= 15 is 0 Å². The Hall–Kier alpha value is -1.56. The molecule has 0 aromatic heterocycles. The van der Waals surface area contributed by atoms with Gasteiger partial charge in [-0.05, 0) is 42.3 Å². The lowest BCUT2D eigenvalue weighted by Crippen LogP contribution is -2.09. The number of nitrogens with one attached hydrogen (secondary N) is 1. The number of halogens is 5. The van der Waals surface area contributed by atoms with Crippen LogP contribution in [0.1, 0.15) is 16.7 Å². The molecule has 2 aromatic rings. The van der Waals surface area contributed by atoms with Crippen molar-refractivity contribution in [1.82, 2.24) is 0 Å². The first kappa shape index (κ1) is 15.8. The summed E-state index contributed by atoms with van der Waals surface area (Å²) < 4.78 is 52.0. The van der Waals surface area contributed by atoms with Crippen LogP contribution < -0.4 is 5.32 Å². The maximum absolute atomic E-state index is 13.2. The molecule has 6 heteroatoms. The smallest absolute Gasteiger partial charge is 0.381 e. The molecular weight excluding hydrogens is 350 g/mol. The molecule has 0 spiro atoms. The van der Waals surface area contributed by atoms with Crippen LogP contribution in [-0.4, -0.2) is 0 Å². The monoisotopic (exact) mass is 361 g/mol. The van der Waals surface area contributed by atoms with Crippen LogP contribution in [0.4, 0.5) is 23.2 Å². The Balaban J connectivity index is 2.15. The molecule has 1 nitrogen and oxygen atoms in total. The van der Waals surface area contributed by atoms with Gasteiger partial charge in [-0.15, -0.1) is 0 Å². The van der Waals surface area contributed by atoms with Crippen molar-refractivity contribution >= 4 is 21.6 Å². The van der Waals surface area contributed by atoms with Crippen LogP contribution >= 0.6 is 15.9 Å². The zero-order valence-corrected chi connectivity index (χ0v) is 12.6. The molecule has 112 valence electrons. The first-order chi connectivity index (χ1) is 9.77. The summed E-state index contributed by atoms with van der Waals surface area (Å²) in [5.41, 5.74) is 0.918. The average Bonchev–Trinajstić information content (AvgIpc) is 2.40. The van der Waals surface area contributed by atoms with Gasteiger partial charge in [-0.2, -0.15) is 13.2 Å². The van der Waals surface area contributed by atoms with E-state index in [2.05, 4.69) is 21.2 Å². The molecule has 0 heterocycles. The molecule has 21 heavy (non-hydrogen) atoms. The molecule has 0 bridgehead atoms. The zero-order chi connectivity index (χ0) is 15.6. The maximum atomic E-state index is 13.2. The highest BCUT2D eigenvalue weighted by Crippen LogP contribution is 2.33. The number of anilines is 1. The molecule has 0 aliphatic rings. The van der Waals surface area contributed by atoms with Crippen LogP contribution in [-0.2, 0) is 12.7 Å². The predicted molar refractivity (Wildman–Crippen MR) is 77.6 cm³/mol. The van der Waals surface area contributed by atoms with Crippen LogP contribution in [0.2, 0.25) is 0 Å². The summed E-state index contributed by atoms with van der Waals surface area (Å²) in [7, 11) is 0. The Morgan fingerprint density at radius 3 is 2.43 bits per heavy atom. The summed E-state index contributed by atoms with van der Waals surface area (Å²) >= 11 is 3.38. The van der Waals surface area contributed by atoms with Crippen LogP contribution in [0.25, 0.3) is 0 Å². The van der Waals surface area contributed by atoms with Crippen LogP contribution in [0.3, 0.4) is 0 Å². The van der Waals surface area contributed by atoms with Gasteiger partial charge in [-0.3, -0.25) is 0 Å². The molecule has 0 aliphatic carbocycles. The number of benzene rings is 2. The molecule has 0 aliphatic heterocycles. The third kappa shape index (κ3) is 3.97. The molecular formula is C15H12BrF4N. The van der Waals surface area contributed by atoms with E-state index in [0.29, 0.717) is 6.54 Å². The van der Waals surface area contributed by atoms with Crippen molar-refractivity contribution in [2.45, 2.75) is 19.6 Å². The number of rotatable bonds is 3. The van der Waals surface area contributed by atoms with Crippen molar-refractivity contribution in [3.63, 3.8) is 0 Å². The summed E-state index contributed by atoms with van der Waals surface area (Å²) in [6, 6.07) is 8.54. The second-order valence-electron chi connectivity index (χ2n) is 4.63. The number of hydrogen-bond donors (Lipinski definition) is 1. The van der Waals surface area contributed by atoms with Gasteiger partial charge in [0, 0.05) is 16.7 Å². The van der Waals surface area contributed by atoms with Gasteiger partial charge in [0.05, 0.1) is 5.56 Å². The normalized spacial score (nSPS) is 11.5. The highest BCUT2D eigenvalue weighted by molar-refractivity contribution is 9.10. The Morgan fingerprint density at radius 1 is 1.10 bits per heavy atom. The molecule has 1 N–H and O–H groups in total. The summed E-state index contributed by atoms with van der Waals surface area (Å²) in [5, 5.41) is 2.87. The average molecular weight is 362 g/mol. The third-order valence-electron chi connectivity index (χ3n) is 2.99. The van der Waals surface area contributed by atoms with Crippen molar-refractivity contribution < 1.29 is 17.6 Å². The summed E-state index contributed by atoms with van der Waals surface area (Å²) in [5.74, 6) is -1.27. The fourth-order valence-corrected chi connectivity index (χ4v) is 2.12. The Labute approximate surface area is 128 Å². The topological polar surface area (TPSA) is 12.0 Å². The zero-order valence-electron chi connectivity index (χ0n) is 11.1. The minimum atomic E-state index is -4.70. The Bertz CT molecular complexity index is 653. The molecule has 0 radical (unpaired) electrons. The molecule has 0 saturated carbocycles. The van der Waals surface area contributed by atoms with Gasteiger partial charge in [0.2, 0.25) is 0 Å². The largest absolute Gasteiger partial charge is 0.419 e. The Morgan fingerprint density at radius 2 is 1.81 bits per heavy atom. The maximum Gasteiger partial charge on any atom is 0.419 e. The van der Waals surface area contributed by atoms with Crippen LogP contribution in [0, 0.1) is 12.7 Å². The number of hydrogen-bond acceptors (Lipinski definition) is 1. The summed E-state index contributed by atoms with van der Waals surface area (Å²) in [6.45, 7) is 2.28. The lowest BCUT2D eigenvalue weighted by Gasteiger charge is -2.12.